The lowest BCUT2D eigenvalue weighted by Gasteiger charge is -2.27. The van der Waals surface area contributed by atoms with E-state index in [1.54, 1.807) is 20.3 Å². The van der Waals surface area contributed by atoms with Gasteiger partial charge in [-0.1, -0.05) is 30.3 Å². The number of rotatable bonds is 9. The van der Waals surface area contributed by atoms with Crippen molar-refractivity contribution in [2.24, 2.45) is 0 Å². The molecule has 0 spiro atoms. The minimum absolute atomic E-state index is 0.0378. The van der Waals surface area contributed by atoms with Gasteiger partial charge in [-0.05, 0) is 42.7 Å². The van der Waals surface area contributed by atoms with Crippen LogP contribution < -0.4 is 14.9 Å². The molecule has 4 rings (SSSR count). The average Bonchev–Trinajstić information content (AvgIpc) is 2.83. The maximum atomic E-state index is 12.7. The smallest absolute Gasteiger partial charge is 0.197 e. The normalized spacial score (nSPS) is 13.2. The van der Waals surface area contributed by atoms with Crippen molar-refractivity contribution < 1.29 is 18.9 Å². The number of hydrogen-bond acceptors (Lipinski definition) is 5. The first-order valence-corrected chi connectivity index (χ1v) is 10.8. The van der Waals surface area contributed by atoms with Crippen LogP contribution in [0.3, 0.4) is 0 Å². The third-order valence-corrected chi connectivity index (χ3v) is 5.80. The van der Waals surface area contributed by atoms with Gasteiger partial charge in [-0.25, -0.2) is 0 Å². The zero-order valence-corrected chi connectivity index (χ0v) is 18.8. The number of nitrogens with zero attached hydrogens (tertiary/aromatic N) is 1. The van der Waals surface area contributed by atoms with E-state index >= 15 is 0 Å². The van der Waals surface area contributed by atoms with Crippen LogP contribution in [0.2, 0.25) is 0 Å². The third-order valence-electron chi connectivity index (χ3n) is 5.80. The van der Waals surface area contributed by atoms with E-state index in [9.17, 15) is 4.79 Å². The van der Waals surface area contributed by atoms with Crippen LogP contribution >= 0.6 is 0 Å². The molecule has 6 nitrogen and oxygen atoms in total. The van der Waals surface area contributed by atoms with Crippen molar-refractivity contribution in [2.45, 2.75) is 32.6 Å². The van der Waals surface area contributed by atoms with Gasteiger partial charge in [0.2, 0.25) is 0 Å². The maximum Gasteiger partial charge on any atom is 0.197 e. The molecule has 6 heteroatoms. The van der Waals surface area contributed by atoms with Crippen LogP contribution in [0.15, 0.2) is 59.4 Å². The van der Waals surface area contributed by atoms with Crippen LogP contribution in [-0.4, -0.2) is 38.1 Å². The molecule has 1 atom stereocenters. The first kappa shape index (κ1) is 22.1. The Balaban J connectivity index is 1.60. The van der Waals surface area contributed by atoms with Crippen molar-refractivity contribution in [1.29, 1.82) is 0 Å². The predicted molar refractivity (Wildman–Crippen MR) is 124 cm³/mol. The van der Waals surface area contributed by atoms with Crippen LogP contribution in [0.1, 0.15) is 16.7 Å². The van der Waals surface area contributed by atoms with E-state index in [1.807, 2.05) is 49.4 Å². The molecular weight excluding hydrogens is 406 g/mol. The Morgan fingerprint density at radius 3 is 2.56 bits per heavy atom. The molecule has 0 amide bonds. The first-order valence-electron chi connectivity index (χ1n) is 10.8. The van der Waals surface area contributed by atoms with Crippen molar-refractivity contribution in [3.05, 3.63) is 81.5 Å². The molecule has 2 heterocycles. The van der Waals surface area contributed by atoms with Gasteiger partial charge in [0.05, 0.1) is 12.3 Å². The lowest BCUT2D eigenvalue weighted by Crippen LogP contribution is -2.28. The average molecular weight is 436 g/mol. The predicted octanol–water partition coefficient (Wildman–Crippen LogP) is 4.00. The molecule has 2 aromatic carbocycles. The fourth-order valence-corrected chi connectivity index (χ4v) is 4.04. The number of pyridine rings is 1. The molecular formula is C26H29NO5. The summed E-state index contributed by atoms with van der Waals surface area (Å²) in [5.74, 6) is 1.39. The number of benzene rings is 2. The SMILES string of the molecule is COC[C@@H](COc1cc(=O)c(C)c2n1CCc1cc(OCc3ccccc3)ccc1-2)OC. The van der Waals surface area contributed by atoms with E-state index in [2.05, 4.69) is 10.6 Å². The number of methoxy groups -OCH3 is 2. The summed E-state index contributed by atoms with van der Waals surface area (Å²) in [5.41, 5.74) is 4.93. The van der Waals surface area contributed by atoms with Gasteiger partial charge >= 0.3 is 0 Å². The fourth-order valence-electron chi connectivity index (χ4n) is 4.04. The molecule has 0 saturated heterocycles. The molecule has 0 bridgehead atoms. The Kier molecular flexibility index (Phi) is 6.93. The van der Waals surface area contributed by atoms with E-state index in [-0.39, 0.29) is 11.5 Å². The quantitative estimate of drug-likeness (QED) is 0.509. The molecule has 1 aliphatic rings. The van der Waals surface area contributed by atoms with E-state index in [4.69, 9.17) is 18.9 Å². The van der Waals surface area contributed by atoms with Crippen molar-refractivity contribution in [1.82, 2.24) is 4.57 Å². The Morgan fingerprint density at radius 1 is 1.00 bits per heavy atom. The lowest BCUT2D eigenvalue weighted by molar-refractivity contribution is -0.000948. The highest BCUT2D eigenvalue weighted by Crippen LogP contribution is 2.35. The zero-order valence-electron chi connectivity index (χ0n) is 18.8. The van der Waals surface area contributed by atoms with Gasteiger partial charge in [0.25, 0.3) is 0 Å². The summed E-state index contributed by atoms with van der Waals surface area (Å²) >= 11 is 0. The van der Waals surface area contributed by atoms with Gasteiger partial charge in [-0.15, -0.1) is 0 Å². The monoisotopic (exact) mass is 435 g/mol. The van der Waals surface area contributed by atoms with Gasteiger partial charge < -0.3 is 23.5 Å². The number of ether oxygens (including phenoxy) is 4. The van der Waals surface area contributed by atoms with E-state index < -0.39 is 0 Å². The molecule has 1 aromatic heterocycles. The molecule has 1 aliphatic heterocycles. The minimum Gasteiger partial charge on any atom is -0.489 e. The number of aryl methyl sites for hydroxylation is 1. The standard InChI is InChI=1S/C26H29NO5/c1-18-24(28)14-25(32-17-22(30-3)16-29-2)27-12-11-20-13-21(9-10-23(20)26(18)27)31-15-19-7-5-4-6-8-19/h4-10,13-14,22H,11-12,15-17H2,1-3H3/t22-/m0/s1. The van der Waals surface area contributed by atoms with Crippen LogP contribution in [0.5, 0.6) is 11.6 Å². The summed E-state index contributed by atoms with van der Waals surface area (Å²) in [6, 6.07) is 17.8. The molecule has 32 heavy (non-hydrogen) atoms. The van der Waals surface area contributed by atoms with Crippen molar-refractivity contribution >= 4 is 0 Å². The largest absolute Gasteiger partial charge is 0.489 e. The molecule has 0 aliphatic carbocycles. The van der Waals surface area contributed by atoms with E-state index in [0.29, 0.717) is 25.7 Å². The second kappa shape index (κ2) is 10.0. The van der Waals surface area contributed by atoms with Gasteiger partial charge in [0.15, 0.2) is 11.3 Å². The van der Waals surface area contributed by atoms with Gasteiger partial charge in [-0.3, -0.25) is 4.79 Å². The summed E-state index contributed by atoms with van der Waals surface area (Å²) < 4.78 is 24.6. The van der Waals surface area contributed by atoms with Crippen LogP contribution in [0.25, 0.3) is 11.3 Å². The first-order chi connectivity index (χ1) is 15.6. The van der Waals surface area contributed by atoms with Crippen LogP contribution in [-0.2, 0) is 29.0 Å². The van der Waals surface area contributed by atoms with E-state index in [1.165, 1.54) is 5.56 Å². The molecule has 3 aromatic rings. The highest BCUT2D eigenvalue weighted by Gasteiger charge is 2.23. The summed E-state index contributed by atoms with van der Waals surface area (Å²) in [7, 11) is 3.25. The van der Waals surface area contributed by atoms with Gasteiger partial charge in [-0.2, -0.15) is 0 Å². The number of hydrogen-bond donors (Lipinski definition) is 0. The highest BCUT2D eigenvalue weighted by molar-refractivity contribution is 5.70. The Morgan fingerprint density at radius 2 is 1.81 bits per heavy atom. The molecule has 0 unspecified atom stereocenters. The van der Waals surface area contributed by atoms with E-state index in [0.717, 1.165) is 41.1 Å². The van der Waals surface area contributed by atoms with Gasteiger partial charge in [0, 0.05) is 38.0 Å². The molecule has 0 radical (unpaired) electrons. The summed E-state index contributed by atoms with van der Waals surface area (Å²) in [6.45, 7) is 3.85. The fraction of sp³-hybridized carbons (Fsp3) is 0.346. The zero-order chi connectivity index (χ0) is 22.5. The Labute approximate surface area is 188 Å². The van der Waals surface area contributed by atoms with Crippen molar-refractivity contribution in [3.63, 3.8) is 0 Å². The van der Waals surface area contributed by atoms with Gasteiger partial charge in [0.1, 0.15) is 25.1 Å². The summed E-state index contributed by atoms with van der Waals surface area (Å²) in [4.78, 5) is 12.7. The Bertz CT molecular complexity index is 1120. The summed E-state index contributed by atoms with van der Waals surface area (Å²) in [6.07, 6.45) is 0.628. The molecule has 168 valence electrons. The third kappa shape index (κ3) is 4.71. The van der Waals surface area contributed by atoms with Crippen molar-refractivity contribution in [2.75, 3.05) is 27.4 Å². The molecule has 0 N–H and O–H groups in total. The summed E-state index contributed by atoms with van der Waals surface area (Å²) in [5, 5.41) is 0. The van der Waals surface area contributed by atoms with Crippen molar-refractivity contribution in [3.8, 4) is 22.9 Å². The lowest BCUT2D eigenvalue weighted by atomic mass is 9.94. The maximum absolute atomic E-state index is 12.7. The topological polar surface area (TPSA) is 58.9 Å². The van der Waals surface area contributed by atoms with Crippen LogP contribution in [0, 0.1) is 6.92 Å². The number of fused-ring (bicyclic) bond motifs is 3. The molecule has 0 fully saturated rings. The minimum atomic E-state index is -0.201. The Hall–Kier alpha value is -3.09. The highest BCUT2D eigenvalue weighted by atomic mass is 16.6. The second-order valence-electron chi connectivity index (χ2n) is 7.94. The van der Waals surface area contributed by atoms with Crippen LogP contribution in [0.4, 0.5) is 0 Å². The molecule has 0 saturated carbocycles. The second-order valence-corrected chi connectivity index (χ2v) is 7.94. The number of aromatic nitrogens is 1.